The topological polar surface area (TPSA) is 83.4 Å². The number of carboxylic acids is 1. The molecule has 3 N–H and O–H groups in total. The summed E-state index contributed by atoms with van der Waals surface area (Å²) in [4.78, 5) is 24.5. The number of nitrogens with one attached hydrogen (secondary N) is 2. The number of anilines is 2. The number of carbonyl (C=O) groups is 2. The van der Waals surface area contributed by atoms with Crippen molar-refractivity contribution in [1.82, 2.24) is 9.88 Å². The van der Waals surface area contributed by atoms with Gasteiger partial charge in [0.2, 0.25) is 0 Å². The highest BCUT2D eigenvalue weighted by Crippen LogP contribution is 2.39. The predicted octanol–water partition coefficient (Wildman–Crippen LogP) is 7.15. The maximum atomic E-state index is 13.5. The molecule has 4 rings (SSSR count). The van der Waals surface area contributed by atoms with Gasteiger partial charge in [-0.15, -0.1) is 0 Å². The van der Waals surface area contributed by atoms with E-state index in [0.717, 1.165) is 30.3 Å². The average Bonchev–Trinajstić information content (AvgIpc) is 3.14. The molecule has 0 saturated carbocycles. The molecular formula is C27H21F6N3O3. The van der Waals surface area contributed by atoms with Crippen LogP contribution >= 0.6 is 0 Å². The lowest BCUT2D eigenvalue weighted by Gasteiger charge is -2.17. The Balaban J connectivity index is 1.79. The lowest BCUT2D eigenvalue weighted by Crippen LogP contribution is -2.29. The SMILES string of the molecule is C[C@H](NC(=O)c1c(Nc2cccc(C(F)(F)F)c2)c2cc(C(F)(F)F)ccc2n1C)c1ccc(C(=O)O)cc1. The second-order valence-corrected chi connectivity index (χ2v) is 8.84. The molecule has 4 aromatic rings. The number of aromatic carboxylic acids is 1. The molecule has 1 atom stereocenters. The Morgan fingerprint density at radius 1 is 0.872 bits per heavy atom. The third-order valence-corrected chi connectivity index (χ3v) is 6.21. The minimum Gasteiger partial charge on any atom is -0.478 e. The van der Waals surface area contributed by atoms with Crippen LogP contribution in [0, 0.1) is 0 Å². The zero-order valence-electron chi connectivity index (χ0n) is 20.4. The van der Waals surface area contributed by atoms with Crippen molar-refractivity contribution in [2.75, 3.05) is 5.32 Å². The fourth-order valence-electron chi connectivity index (χ4n) is 4.19. The molecule has 1 heterocycles. The van der Waals surface area contributed by atoms with Gasteiger partial charge in [-0.3, -0.25) is 4.79 Å². The fourth-order valence-corrected chi connectivity index (χ4v) is 4.19. The molecular weight excluding hydrogens is 528 g/mol. The molecule has 1 amide bonds. The van der Waals surface area contributed by atoms with Crippen molar-refractivity contribution in [3.63, 3.8) is 0 Å². The highest BCUT2D eigenvalue weighted by Gasteiger charge is 2.33. The Morgan fingerprint density at radius 2 is 1.49 bits per heavy atom. The van der Waals surface area contributed by atoms with E-state index in [1.54, 1.807) is 6.92 Å². The Labute approximate surface area is 217 Å². The predicted molar refractivity (Wildman–Crippen MR) is 132 cm³/mol. The molecule has 0 aliphatic rings. The molecule has 0 spiro atoms. The Hall–Kier alpha value is -4.48. The Morgan fingerprint density at radius 3 is 2.08 bits per heavy atom. The summed E-state index contributed by atoms with van der Waals surface area (Å²) in [5.74, 6) is -1.84. The summed E-state index contributed by atoms with van der Waals surface area (Å²) in [6.07, 6.45) is -9.36. The van der Waals surface area contributed by atoms with E-state index in [2.05, 4.69) is 10.6 Å². The van der Waals surface area contributed by atoms with Crippen LogP contribution in [-0.2, 0) is 19.4 Å². The summed E-state index contributed by atoms with van der Waals surface area (Å²) in [7, 11) is 1.45. The molecule has 6 nitrogen and oxygen atoms in total. The molecule has 1 aromatic heterocycles. The summed E-state index contributed by atoms with van der Waals surface area (Å²) in [5.41, 5.74) is -1.45. The number of benzene rings is 3. The quantitative estimate of drug-likeness (QED) is 0.223. The number of hydrogen-bond donors (Lipinski definition) is 3. The number of halogens is 6. The monoisotopic (exact) mass is 549 g/mol. The van der Waals surface area contributed by atoms with Crippen molar-refractivity contribution >= 4 is 34.2 Å². The number of rotatable bonds is 6. The maximum absolute atomic E-state index is 13.5. The summed E-state index contributed by atoms with van der Waals surface area (Å²) in [6.45, 7) is 1.62. The number of nitrogens with zero attached hydrogens (tertiary/aromatic N) is 1. The number of aromatic nitrogens is 1. The molecule has 39 heavy (non-hydrogen) atoms. The van der Waals surface area contributed by atoms with Crippen LogP contribution in [0.4, 0.5) is 37.7 Å². The van der Waals surface area contributed by atoms with Gasteiger partial charge in [0.05, 0.1) is 33.9 Å². The van der Waals surface area contributed by atoms with Gasteiger partial charge in [0, 0.05) is 18.1 Å². The summed E-state index contributed by atoms with van der Waals surface area (Å²) in [5, 5.41) is 14.5. The van der Waals surface area contributed by atoms with E-state index in [9.17, 15) is 35.9 Å². The van der Waals surface area contributed by atoms with E-state index in [4.69, 9.17) is 5.11 Å². The van der Waals surface area contributed by atoms with E-state index < -0.39 is 41.4 Å². The molecule has 0 aliphatic heterocycles. The summed E-state index contributed by atoms with van der Waals surface area (Å²) >= 11 is 0. The largest absolute Gasteiger partial charge is 0.478 e. The molecule has 0 unspecified atom stereocenters. The number of fused-ring (bicyclic) bond motifs is 1. The van der Waals surface area contributed by atoms with Crippen LogP contribution in [0.5, 0.6) is 0 Å². The minimum absolute atomic E-state index is 0.0200. The highest BCUT2D eigenvalue weighted by molar-refractivity contribution is 6.10. The highest BCUT2D eigenvalue weighted by atomic mass is 19.4. The number of aryl methyl sites for hydroxylation is 1. The van der Waals surface area contributed by atoms with Crippen molar-refractivity contribution < 1.29 is 41.0 Å². The second kappa shape index (κ2) is 10.0. The van der Waals surface area contributed by atoms with Crippen LogP contribution in [0.2, 0.25) is 0 Å². The van der Waals surface area contributed by atoms with Crippen molar-refractivity contribution in [1.29, 1.82) is 0 Å². The van der Waals surface area contributed by atoms with Crippen molar-refractivity contribution in [3.8, 4) is 0 Å². The van der Waals surface area contributed by atoms with E-state index >= 15 is 0 Å². The van der Waals surface area contributed by atoms with Gasteiger partial charge >= 0.3 is 18.3 Å². The number of amides is 1. The van der Waals surface area contributed by atoms with E-state index in [1.807, 2.05) is 0 Å². The average molecular weight is 549 g/mol. The van der Waals surface area contributed by atoms with Crippen molar-refractivity contribution in [2.24, 2.45) is 7.05 Å². The number of carboxylic acid groups (broad SMARTS) is 1. The number of carbonyl (C=O) groups excluding carboxylic acids is 1. The van der Waals surface area contributed by atoms with Crippen LogP contribution in [0.15, 0.2) is 66.7 Å². The van der Waals surface area contributed by atoms with Crippen molar-refractivity contribution in [2.45, 2.75) is 25.3 Å². The lowest BCUT2D eigenvalue weighted by atomic mass is 10.1. The second-order valence-electron chi connectivity index (χ2n) is 8.84. The molecule has 3 aromatic carbocycles. The molecule has 12 heteroatoms. The first-order valence-corrected chi connectivity index (χ1v) is 11.4. The normalized spacial score (nSPS) is 12.8. The first-order valence-electron chi connectivity index (χ1n) is 11.4. The van der Waals surface area contributed by atoms with Gasteiger partial charge < -0.3 is 20.3 Å². The van der Waals surface area contributed by atoms with E-state index in [-0.39, 0.29) is 33.5 Å². The first kappa shape index (κ1) is 27.6. The first-order chi connectivity index (χ1) is 18.2. The minimum atomic E-state index is -4.70. The zero-order chi connectivity index (χ0) is 28.7. The van der Waals surface area contributed by atoms with Gasteiger partial charge in [0.25, 0.3) is 5.91 Å². The summed E-state index contributed by atoms with van der Waals surface area (Å²) < 4.78 is 81.7. The lowest BCUT2D eigenvalue weighted by molar-refractivity contribution is -0.138. The van der Waals surface area contributed by atoms with Gasteiger partial charge in [0.1, 0.15) is 5.69 Å². The van der Waals surface area contributed by atoms with Gasteiger partial charge in [-0.1, -0.05) is 18.2 Å². The third kappa shape index (κ3) is 5.69. The van der Waals surface area contributed by atoms with Crippen LogP contribution in [0.1, 0.15) is 50.5 Å². The van der Waals surface area contributed by atoms with Gasteiger partial charge in [-0.25, -0.2) is 4.79 Å². The van der Waals surface area contributed by atoms with Crippen LogP contribution < -0.4 is 10.6 Å². The summed E-state index contributed by atoms with van der Waals surface area (Å²) in [6, 6.07) is 12.0. The molecule has 0 radical (unpaired) electrons. The fraction of sp³-hybridized carbons (Fsp3) is 0.185. The van der Waals surface area contributed by atoms with E-state index in [1.165, 1.54) is 48.0 Å². The Kier molecular flexibility index (Phi) is 7.07. The number of alkyl halides is 6. The smallest absolute Gasteiger partial charge is 0.416 e. The molecule has 0 bridgehead atoms. The molecule has 204 valence electrons. The zero-order valence-corrected chi connectivity index (χ0v) is 20.4. The maximum Gasteiger partial charge on any atom is 0.416 e. The standard InChI is InChI=1S/C27H21F6N3O3/c1-14(15-6-8-16(9-7-15)25(38)39)34-24(37)23-22(35-19-5-3-4-17(12-19)26(28,29)30)20-13-18(27(31,32)33)10-11-21(20)36(23)2/h3-14,35H,1-2H3,(H,34,37)(H,38,39)/t14-/m0/s1. The molecule has 0 aliphatic carbocycles. The van der Waals surface area contributed by atoms with Gasteiger partial charge in [-0.2, -0.15) is 26.3 Å². The molecule has 0 saturated heterocycles. The van der Waals surface area contributed by atoms with Crippen LogP contribution in [-0.4, -0.2) is 21.6 Å². The van der Waals surface area contributed by atoms with Crippen molar-refractivity contribution in [3.05, 3.63) is 94.7 Å². The van der Waals surface area contributed by atoms with Gasteiger partial charge in [0.15, 0.2) is 0 Å². The Bertz CT molecular complexity index is 1560. The van der Waals surface area contributed by atoms with Crippen LogP contribution in [0.3, 0.4) is 0 Å². The van der Waals surface area contributed by atoms with Crippen LogP contribution in [0.25, 0.3) is 10.9 Å². The third-order valence-electron chi connectivity index (χ3n) is 6.21. The number of hydrogen-bond acceptors (Lipinski definition) is 3. The molecule has 0 fully saturated rings. The van der Waals surface area contributed by atoms with Gasteiger partial charge in [-0.05, 0) is 61.0 Å². The van der Waals surface area contributed by atoms with E-state index in [0.29, 0.717) is 5.56 Å².